The normalized spacial score (nSPS) is 31.6. The molecule has 3 aliphatic rings. The summed E-state index contributed by atoms with van der Waals surface area (Å²) in [6.07, 6.45) is 6.58. The van der Waals surface area contributed by atoms with Crippen LogP contribution in [0.5, 0.6) is 0 Å². The average Bonchev–Trinajstić information content (AvgIpc) is 3.19. The summed E-state index contributed by atoms with van der Waals surface area (Å²) in [5.41, 5.74) is -0.582. The fraction of sp³-hybridized carbons (Fsp3) is 0.824. The van der Waals surface area contributed by atoms with Crippen molar-refractivity contribution in [2.45, 2.75) is 62.7 Å². The maximum Gasteiger partial charge on any atom is 0.321 e. The molecule has 0 radical (unpaired) electrons. The van der Waals surface area contributed by atoms with Gasteiger partial charge >= 0.3 is 6.03 Å². The Balaban J connectivity index is 1.51. The molecule has 140 valence electrons. The van der Waals surface area contributed by atoms with Crippen LogP contribution in [0, 0.1) is 5.92 Å². The molecule has 0 spiro atoms. The maximum atomic E-state index is 12.6. The molecule has 25 heavy (non-hydrogen) atoms. The number of nitrogens with zero attached hydrogens (tertiary/aromatic N) is 1. The molecule has 0 aromatic heterocycles. The number of imide groups is 1. The van der Waals surface area contributed by atoms with Crippen LogP contribution in [0.25, 0.3) is 0 Å². The summed E-state index contributed by atoms with van der Waals surface area (Å²) in [5, 5.41) is 6.04. The van der Waals surface area contributed by atoms with Crippen molar-refractivity contribution in [2.75, 3.05) is 18.8 Å². The lowest BCUT2D eigenvalue weighted by atomic mass is 9.81. The topological polar surface area (TPSA) is 78.5 Å². The Morgan fingerprint density at radius 1 is 1.36 bits per heavy atom. The summed E-state index contributed by atoms with van der Waals surface area (Å²) in [6, 6.07) is -0.434. The lowest BCUT2D eigenvalue weighted by Gasteiger charge is -2.38. The minimum absolute atomic E-state index is 0.111. The molecule has 0 aromatic rings. The zero-order valence-corrected chi connectivity index (χ0v) is 16.3. The number of urea groups is 1. The van der Waals surface area contributed by atoms with Gasteiger partial charge in [0.05, 0.1) is 11.5 Å². The predicted octanol–water partition coefficient (Wildman–Crippen LogP) is 2.54. The van der Waals surface area contributed by atoms with Crippen LogP contribution >= 0.6 is 21.6 Å². The lowest BCUT2D eigenvalue weighted by molar-refractivity contribution is -0.130. The van der Waals surface area contributed by atoms with E-state index in [1.165, 1.54) is 18.6 Å². The molecule has 0 saturated carbocycles. The van der Waals surface area contributed by atoms with Gasteiger partial charge in [-0.05, 0) is 25.7 Å². The van der Waals surface area contributed by atoms with Gasteiger partial charge in [-0.1, -0.05) is 41.4 Å². The summed E-state index contributed by atoms with van der Waals surface area (Å²) in [6.45, 7) is 2.91. The van der Waals surface area contributed by atoms with Crippen molar-refractivity contribution >= 4 is 39.4 Å². The van der Waals surface area contributed by atoms with Gasteiger partial charge in [-0.3, -0.25) is 14.9 Å². The molecular formula is C17H27N3O3S2. The van der Waals surface area contributed by atoms with Crippen LogP contribution in [-0.4, -0.2) is 52.4 Å². The summed E-state index contributed by atoms with van der Waals surface area (Å²) in [4.78, 5) is 38.4. The number of fused-ring (bicyclic) bond motifs is 1. The van der Waals surface area contributed by atoms with Gasteiger partial charge < -0.3 is 10.2 Å². The monoisotopic (exact) mass is 385 g/mol. The van der Waals surface area contributed by atoms with Crippen LogP contribution in [0.15, 0.2) is 0 Å². The van der Waals surface area contributed by atoms with Gasteiger partial charge in [0.25, 0.3) is 0 Å². The second-order valence-corrected chi connectivity index (χ2v) is 10.0. The number of amides is 4. The SMILES string of the molecule is CCCC12CN(C(=O)CCCCC3CCSS3)CC1C(=O)NC(=O)N2. The van der Waals surface area contributed by atoms with E-state index < -0.39 is 11.6 Å². The number of carbonyl (C=O) groups excluding carboxylic acids is 3. The highest BCUT2D eigenvalue weighted by Gasteiger charge is 2.54. The minimum atomic E-state index is -0.582. The smallest absolute Gasteiger partial charge is 0.321 e. The Bertz CT molecular complexity index is 539. The Morgan fingerprint density at radius 3 is 2.92 bits per heavy atom. The summed E-state index contributed by atoms with van der Waals surface area (Å²) in [7, 11) is 3.93. The van der Waals surface area contributed by atoms with Crippen LogP contribution in [-0.2, 0) is 9.59 Å². The van der Waals surface area contributed by atoms with Crippen molar-refractivity contribution in [1.29, 1.82) is 0 Å². The number of carbonyl (C=O) groups is 3. The molecule has 4 amide bonds. The minimum Gasteiger partial charge on any atom is -0.339 e. The molecule has 8 heteroatoms. The van der Waals surface area contributed by atoms with Gasteiger partial charge in [0.15, 0.2) is 0 Å². The fourth-order valence-electron chi connectivity index (χ4n) is 4.15. The second kappa shape index (κ2) is 8.20. The highest BCUT2D eigenvalue weighted by atomic mass is 33.1. The van der Waals surface area contributed by atoms with Crippen LogP contribution in [0.1, 0.15) is 51.9 Å². The Kier molecular flexibility index (Phi) is 6.20. The van der Waals surface area contributed by atoms with Gasteiger partial charge in [-0.15, -0.1) is 0 Å². The molecule has 3 unspecified atom stereocenters. The zero-order valence-electron chi connectivity index (χ0n) is 14.7. The highest BCUT2D eigenvalue weighted by molar-refractivity contribution is 8.77. The first kappa shape index (κ1) is 18.9. The maximum absolute atomic E-state index is 12.6. The van der Waals surface area contributed by atoms with Crippen molar-refractivity contribution in [2.24, 2.45) is 5.92 Å². The number of unbranched alkanes of at least 4 members (excludes halogenated alkanes) is 1. The second-order valence-electron chi connectivity index (χ2n) is 7.25. The van der Waals surface area contributed by atoms with Crippen LogP contribution in [0.4, 0.5) is 4.79 Å². The molecule has 3 rings (SSSR count). The molecule has 6 nitrogen and oxygen atoms in total. The quantitative estimate of drug-likeness (QED) is 0.520. The van der Waals surface area contributed by atoms with Gasteiger partial charge in [-0.2, -0.15) is 0 Å². The van der Waals surface area contributed by atoms with E-state index >= 15 is 0 Å². The van der Waals surface area contributed by atoms with E-state index in [4.69, 9.17) is 0 Å². The first-order valence-electron chi connectivity index (χ1n) is 9.23. The van der Waals surface area contributed by atoms with Crippen molar-refractivity contribution in [3.8, 4) is 0 Å². The van der Waals surface area contributed by atoms with Gasteiger partial charge in [0.2, 0.25) is 11.8 Å². The molecule has 3 saturated heterocycles. The van der Waals surface area contributed by atoms with E-state index in [9.17, 15) is 14.4 Å². The largest absolute Gasteiger partial charge is 0.339 e. The molecule has 3 atom stereocenters. The molecule has 3 heterocycles. The highest BCUT2D eigenvalue weighted by Crippen LogP contribution is 2.40. The standard InChI is InChI=1S/C17H27N3O3S2/c1-2-8-17-11-20(10-13(17)15(22)18-16(23)19-17)14(21)6-4-3-5-12-7-9-24-25-12/h12-13H,2-11H2,1H3,(H2,18,19,22,23). The third-order valence-corrected chi connectivity index (χ3v) is 8.41. The zero-order chi connectivity index (χ0) is 17.9. The molecule has 3 aliphatic heterocycles. The molecule has 0 aliphatic carbocycles. The Hall–Kier alpha value is -0.890. The van der Waals surface area contributed by atoms with Crippen LogP contribution in [0.3, 0.4) is 0 Å². The van der Waals surface area contributed by atoms with E-state index in [0.29, 0.717) is 19.5 Å². The third-order valence-electron chi connectivity index (χ3n) is 5.40. The van der Waals surface area contributed by atoms with E-state index in [1.807, 2.05) is 28.5 Å². The third kappa shape index (κ3) is 4.27. The van der Waals surface area contributed by atoms with Crippen molar-refractivity contribution in [3.05, 3.63) is 0 Å². The molecule has 2 N–H and O–H groups in total. The van der Waals surface area contributed by atoms with E-state index in [2.05, 4.69) is 10.6 Å². The van der Waals surface area contributed by atoms with E-state index in [-0.39, 0.29) is 17.7 Å². The average molecular weight is 386 g/mol. The van der Waals surface area contributed by atoms with Crippen molar-refractivity contribution in [3.63, 3.8) is 0 Å². The number of hydrogen-bond acceptors (Lipinski definition) is 5. The Morgan fingerprint density at radius 2 is 2.20 bits per heavy atom. The molecular weight excluding hydrogens is 358 g/mol. The van der Waals surface area contributed by atoms with Crippen LogP contribution in [0.2, 0.25) is 0 Å². The first-order valence-corrected chi connectivity index (χ1v) is 11.6. The van der Waals surface area contributed by atoms with Crippen LogP contribution < -0.4 is 10.6 Å². The number of rotatable bonds is 7. The van der Waals surface area contributed by atoms with Gasteiger partial charge in [-0.25, -0.2) is 4.79 Å². The molecule has 0 aromatic carbocycles. The lowest BCUT2D eigenvalue weighted by Crippen LogP contribution is -2.66. The van der Waals surface area contributed by atoms with Crippen molar-refractivity contribution in [1.82, 2.24) is 15.5 Å². The number of nitrogens with one attached hydrogen (secondary N) is 2. The predicted molar refractivity (Wildman–Crippen MR) is 101 cm³/mol. The van der Waals surface area contributed by atoms with Gasteiger partial charge in [0, 0.05) is 30.5 Å². The summed E-state index contributed by atoms with van der Waals surface area (Å²) < 4.78 is 0. The molecule has 0 bridgehead atoms. The first-order chi connectivity index (χ1) is 12.0. The van der Waals surface area contributed by atoms with Crippen molar-refractivity contribution < 1.29 is 14.4 Å². The Labute approximate surface area is 157 Å². The van der Waals surface area contributed by atoms with E-state index in [0.717, 1.165) is 30.9 Å². The number of likely N-dealkylation sites (tertiary alicyclic amines) is 1. The summed E-state index contributed by atoms with van der Waals surface area (Å²) >= 11 is 0. The number of hydrogen-bond donors (Lipinski definition) is 2. The van der Waals surface area contributed by atoms with Gasteiger partial charge in [0.1, 0.15) is 0 Å². The summed E-state index contributed by atoms with van der Waals surface area (Å²) in [5.74, 6) is 0.779. The van der Waals surface area contributed by atoms with E-state index in [1.54, 1.807) is 4.90 Å². The molecule has 3 fully saturated rings. The fourth-order valence-corrected chi connectivity index (χ4v) is 7.18.